The Balaban J connectivity index is 1.40. The van der Waals surface area contributed by atoms with Crippen LogP contribution in [0, 0.1) is 0 Å². The number of aryl methyl sites for hydroxylation is 1. The van der Waals surface area contributed by atoms with Crippen LogP contribution in [0.5, 0.6) is 0 Å². The van der Waals surface area contributed by atoms with Crippen LogP contribution in [-0.2, 0) is 12.5 Å². The minimum absolute atomic E-state index is 0.0646. The molecule has 0 bridgehead atoms. The van der Waals surface area contributed by atoms with Crippen molar-refractivity contribution in [1.82, 2.24) is 19.4 Å². The number of amides is 1. The van der Waals surface area contributed by atoms with Crippen molar-refractivity contribution in [1.29, 1.82) is 0 Å². The van der Waals surface area contributed by atoms with Crippen LogP contribution in [0.15, 0.2) is 42.9 Å². The van der Waals surface area contributed by atoms with Gasteiger partial charge in [0.25, 0.3) is 5.91 Å². The number of carbonyl (C=O) groups excluding carboxylic acids is 1. The number of fused-ring (bicyclic) bond motifs is 3. The Bertz CT molecular complexity index is 1000. The Morgan fingerprint density at radius 3 is 2.72 bits per heavy atom. The smallest absolute Gasteiger partial charge is 0.253 e. The van der Waals surface area contributed by atoms with Gasteiger partial charge in [0.1, 0.15) is 0 Å². The molecule has 0 unspecified atom stereocenters. The first-order valence-electron chi connectivity index (χ1n) is 8.44. The molecule has 1 spiro atoms. The molecule has 1 aromatic carbocycles. The van der Waals surface area contributed by atoms with E-state index >= 15 is 0 Å². The standard InChI is InChI=1S/C19H19N5O/c1-22-8-5-13-9-14(3-4-15(13)22)18(25)24-11-19(12-24)10-23(2)17-16(19)20-6-7-21-17/h3-9H,10-12H2,1-2H3. The van der Waals surface area contributed by atoms with E-state index < -0.39 is 0 Å². The van der Waals surface area contributed by atoms with Gasteiger partial charge in [-0.2, -0.15) is 0 Å². The molecule has 5 rings (SSSR count). The predicted octanol–water partition coefficient (Wildman–Crippen LogP) is 1.81. The minimum Gasteiger partial charge on any atom is -0.357 e. The molecular weight excluding hydrogens is 314 g/mol. The molecule has 1 amide bonds. The van der Waals surface area contributed by atoms with Crippen LogP contribution in [0.25, 0.3) is 10.9 Å². The maximum Gasteiger partial charge on any atom is 0.253 e. The summed E-state index contributed by atoms with van der Waals surface area (Å²) in [6.45, 7) is 2.28. The van der Waals surface area contributed by atoms with Gasteiger partial charge in [0.15, 0.2) is 5.82 Å². The summed E-state index contributed by atoms with van der Waals surface area (Å²) in [5.41, 5.74) is 2.85. The van der Waals surface area contributed by atoms with Gasteiger partial charge in [-0.3, -0.25) is 9.78 Å². The van der Waals surface area contributed by atoms with Crippen LogP contribution in [-0.4, -0.2) is 52.0 Å². The molecule has 3 aromatic rings. The second kappa shape index (κ2) is 4.81. The van der Waals surface area contributed by atoms with Crippen molar-refractivity contribution in [2.45, 2.75) is 5.41 Å². The third-order valence-corrected chi connectivity index (χ3v) is 5.49. The number of anilines is 1. The van der Waals surface area contributed by atoms with Gasteiger partial charge < -0.3 is 14.4 Å². The third kappa shape index (κ3) is 1.94. The number of carbonyl (C=O) groups is 1. The zero-order chi connectivity index (χ0) is 17.2. The number of nitrogens with zero attached hydrogens (tertiary/aromatic N) is 5. The molecule has 0 aliphatic carbocycles. The van der Waals surface area contributed by atoms with E-state index in [1.165, 1.54) is 0 Å². The van der Waals surface area contributed by atoms with Gasteiger partial charge >= 0.3 is 0 Å². The summed E-state index contributed by atoms with van der Waals surface area (Å²) in [7, 11) is 4.05. The summed E-state index contributed by atoms with van der Waals surface area (Å²) in [6, 6.07) is 7.96. The molecule has 6 heteroatoms. The highest BCUT2D eigenvalue weighted by Crippen LogP contribution is 2.43. The molecule has 2 aliphatic heterocycles. The molecule has 126 valence electrons. The predicted molar refractivity (Wildman–Crippen MR) is 95.8 cm³/mol. The van der Waals surface area contributed by atoms with Crippen LogP contribution in [0.3, 0.4) is 0 Å². The van der Waals surface area contributed by atoms with Crippen LogP contribution in [0.1, 0.15) is 16.1 Å². The average molecular weight is 333 g/mol. The fraction of sp³-hybridized carbons (Fsp3) is 0.316. The SMILES string of the molecule is CN1CC2(CN(C(=O)c3ccc4c(ccn4C)c3)C2)c2nccnc21. The lowest BCUT2D eigenvalue weighted by Crippen LogP contribution is -2.63. The Hall–Kier alpha value is -2.89. The lowest BCUT2D eigenvalue weighted by atomic mass is 9.78. The number of likely N-dealkylation sites (tertiary alicyclic amines) is 1. The summed E-state index contributed by atoms with van der Waals surface area (Å²) in [5.74, 6) is 1.04. The van der Waals surface area contributed by atoms with Gasteiger partial charge in [-0.1, -0.05) is 0 Å². The molecule has 25 heavy (non-hydrogen) atoms. The highest BCUT2D eigenvalue weighted by Gasteiger charge is 2.53. The van der Waals surface area contributed by atoms with E-state index in [9.17, 15) is 4.79 Å². The van der Waals surface area contributed by atoms with Gasteiger partial charge in [-0.25, -0.2) is 4.98 Å². The largest absolute Gasteiger partial charge is 0.357 e. The molecule has 6 nitrogen and oxygen atoms in total. The number of hydrogen-bond donors (Lipinski definition) is 0. The zero-order valence-corrected chi connectivity index (χ0v) is 14.3. The molecule has 0 saturated carbocycles. The Labute approximate surface area is 145 Å². The monoisotopic (exact) mass is 333 g/mol. The molecule has 0 atom stereocenters. The maximum absolute atomic E-state index is 12.9. The third-order valence-electron chi connectivity index (χ3n) is 5.49. The van der Waals surface area contributed by atoms with Crippen molar-refractivity contribution in [2.24, 2.45) is 7.05 Å². The van der Waals surface area contributed by atoms with Crippen LogP contribution in [0.4, 0.5) is 5.82 Å². The van der Waals surface area contributed by atoms with E-state index in [-0.39, 0.29) is 11.3 Å². The van der Waals surface area contributed by atoms with Gasteiger partial charge in [0, 0.05) is 68.8 Å². The van der Waals surface area contributed by atoms with Crippen molar-refractivity contribution >= 4 is 22.6 Å². The van der Waals surface area contributed by atoms with Crippen molar-refractivity contribution in [3.8, 4) is 0 Å². The normalized spacial score (nSPS) is 17.8. The van der Waals surface area contributed by atoms with Crippen LogP contribution in [0.2, 0.25) is 0 Å². The van der Waals surface area contributed by atoms with E-state index in [0.29, 0.717) is 13.1 Å². The highest BCUT2D eigenvalue weighted by atomic mass is 16.2. The fourth-order valence-corrected chi connectivity index (χ4v) is 4.26. The van der Waals surface area contributed by atoms with Crippen LogP contribution >= 0.6 is 0 Å². The van der Waals surface area contributed by atoms with Gasteiger partial charge in [-0.15, -0.1) is 0 Å². The summed E-state index contributed by atoms with van der Waals surface area (Å²) in [5, 5.41) is 1.10. The molecule has 2 aromatic heterocycles. The number of likely N-dealkylation sites (N-methyl/N-ethyl adjacent to an activating group) is 1. The molecule has 2 aliphatic rings. The van der Waals surface area contributed by atoms with Crippen LogP contribution < -0.4 is 4.90 Å². The highest BCUT2D eigenvalue weighted by molar-refractivity contribution is 5.99. The minimum atomic E-state index is -0.0646. The molecule has 0 N–H and O–H groups in total. The number of benzene rings is 1. The first-order chi connectivity index (χ1) is 12.1. The van der Waals surface area contributed by atoms with Crippen molar-refractivity contribution in [3.05, 3.63) is 54.1 Å². The first-order valence-corrected chi connectivity index (χ1v) is 8.44. The van der Waals surface area contributed by atoms with Crippen molar-refractivity contribution in [3.63, 3.8) is 0 Å². The van der Waals surface area contributed by atoms with E-state index in [1.807, 2.05) is 49.5 Å². The van der Waals surface area contributed by atoms with E-state index in [4.69, 9.17) is 0 Å². The summed E-state index contributed by atoms with van der Waals surface area (Å²) >= 11 is 0. The first kappa shape index (κ1) is 14.5. The van der Waals surface area contributed by atoms with Crippen molar-refractivity contribution in [2.75, 3.05) is 31.6 Å². The molecule has 0 radical (unpaired) electrons. The lowest BCUT2D eigenvalue weighted by molar-refractivity contribution is 0.0419. The second-order valence-electron chi connectivity index (χ2n) is 7.23. The van der Waals surface area contributed by atoms with E-state index in [2.05, 4.69) is 19.4 Å². The lowest BCUT2D eigenvalue weighted by Gasteiger charge is -2.47. The second-order valence-corrected chi connectivity index (χ2v) is 7.23. The molecular formula is C19H19N5O. The van der Waals surface area contributed by atoms with Gasteiger partial charge in [-0.05, 0) is 24.3 Å². The van der Waals surface area contributed by atoms with Gasteiger partial charge in [0.2, 0.25) is 0 Å². The number of rotatable bonds is 1. The Morgan fingerprint density at radius 2 is 1.88 bits per heavy atom. The quantitative estimate of drug-likeness (QED) is 0.682. The summed E-state index contributed by atoms with van der Waals surface area (Å²) in [4.78, 5) is 25.9. The molecule has 1 fully saturated rings. The number of hydrogen-bond acceptors (Lipinski definition) is 4. The molecule has 1 saturated heterocycles. The van der Waals surface area contributed by atoms with Gasteiger partial charge in [0.05, 0.1) is 11.1 Å². The van der Waals surface area contributed by atoms with Crippen molar-refractivity contribution < 1.29 is 4.79 Å². The zero-order valence-electron chi connectivity index (χ0n) is 14.3. The average Bonchev–Trinajstić information content (AvgIpc) is 3.11. The summed E-state index contributed by atoms with van der Waals surface area (Å²) in [6.07, 6.45) is 5.49. The fourth-order valence-electron chi connectivity index (χ4n) is 4.26. The number of aromatic nitrogens is 3. The topological polar surface area (TPSA) is 54.3 Å². The summed E-state index contributed by atoms with van der Waals surface area (Å²) < 4.78 is 2.06. The van der Waals surface area contributed by atoms with E-state index in [1.54, 1.807) is 12.4 Å². The molecule has 4 heterocycles. The van der Waals surface area contributed by atoms with E-state index in [0.717, 1.165) is 34.5 Å². The Morgan fingerprint density at radius 1 is 1.08 bits per heavy atom. The maximum atomic E-state index is 12.9. The Kier molecular flexibility index (Phi) is 2.78.